The Balaban J connectivity index is 0.00000180. The second-order valence-electron chi connectivity index (χ2n) is 4.69. The van der Waals surface area contributed by atoms with Gasteiger partial charge in [0.15, 0.2) is 0 Å². The van der Waals surface area contributed by atoms with Gasteiger partial charge in [0.2, 0.25) is 5.91 Å². The van der Waals surface area contributed by atoms with E-state index in [1.54, 1.807) is 0 Å². The number of piperidine rings is 1. The molecule has 5 heteroatoms. The third-order valence-corrected chi connectivity index (χ3v) is 3.41. The summed E-state index contributed by atoms with van der Waals surface area (Å²) in [6, 6.07) is 7.62. The number of carbonyl (C=O) groups excluding carboxylic acids is 1. The number of rotatable bonds is 4. The summed E-state index contributed by atoms with van der Waals surface area (Å²) in [4.78, 5) is 12.0. The molecule has 1 aliphatic heterocycles. The maximum absolute atomic E-state index is 12.0. The van der Waals surface area contributed by atoms with E-state index in [2.05, 4.69) is 10.6 Å². The van der Waals surface area contributed by atoms with Gasteiger partial charge in [0, 0.05) is 13.1 Å². The van der Waals surface area contributed by atoms with Gasteiger partial charge in [-0.1, -0.05) is 24.3 Å². The minimum atomic E-state index is 0. The van der Waals surface area contributed by atoms with Gasteiger partial charge in [-0.05, 0) is 30.5 Å². The van der Waals surface area contributed by atoms with E-state index in [0.717, 1.165) is 37.1 Å². The van der Waals surface area contributed by atoms with E-state index in [4.69, 9.17) is 0 Å². The maximum atomic E-state index is 12.0. The number of nitrogens with one attached hydrogen (secondary N) is 2. The fourth-order valence-corrected chi connectivity index (χ4v) is 2.29. The normalized spacial score (nSPS) is 18.5. The van der Waals surface area contributed by atoms with Crippen LogP contribution in [0.2, 0.25) is 0 Å². The second-order valence-corrected chi connectivity index (χ2v) is 4.69. The smallest absolute Gasteiger partial charge is 0.224 e. The summed E-state index contributed by atoms with van der Waals surface area (Å²) in [7, 11) is 0. The lowest BCUT2D eigenvalue weighted by Gasteiger charge is -2.22. The van der Waals surface area contributed by atoms with Crippen LogP contribution in [0.4, 0.5) is 0 Å². The van der Waals surface area contributed by atoms with Crippen molar-refractivity contribution in [2.75, 3.05) is 13.1 Å². The van der Waals surface area contributed by atoms with Crippen molar-refractivity contribution in [3.63, 3.8) is 0 Å². The highest BCUT2D eigenvalue weighted by Gasteiger charge is 2.20. The van der Waals surface area contributed by atoms with Crippen molar-refractivity contribution in [3.05, 3.63) is 35.4 Å². The van der Waals surface area contributed by atoms with Crippen LogP contribution in [0.5, 0.6) is 0 Å². The molecule has 1 saturated heterocycles. The maximum Gasteiger partial charge on any atom is 0.224 e. The Hall–Kier alpha value is -1.10. The summed E-state index contributed by atoms with van der Waals surface area (Å²) >= 11 is 0. The number of aliphatic hydroxyl groups excluding tert-OH is 1. The Kier molecular flexibility index (Phi) is 6.84. The molecule has 0 radical (unpaired) electrons. The molecule has 106 valence electrons. The van der Waals surface area contributed by atoms with Gasteiger partial charge in [-0.2, -0.15) is 0 Å². The molecule has 3 N–H and O–H groups in total. The minimum absolute atomic E-state index is 0. The zero-order chi connectivity index (χ0) is 12.8. The van der Waals surface area contributed by atoms with Gasteiger partial charge < -0.3 is 15.7 Å². The van der Waals surface area contributed by atoms with E-state index in [-0.39, 0.29) is 30.8 Å². The average Bonchev–Trinajstić information content (AvgIpc) is 2.46. The van der Waals surface area contributed by atoms with Crippen molar-refractivity contribution in [2.24, 2.45) is 5.92 Å². The number of benzene rings is 1. The molecule has 4 nitrogen and oxygen atoms in total. The van der Waals surface area contributed by atoms with E-state index in [1.165, 1.54) is 0 Å². The van der Waals surface area contributed by atoms with Crippen molar-refractivity contribution in [3.8, 4) is 0 Å². The monoisotopic (exact) mass is 284 g/mol. The number of hydrogen-bond acceptors (Lipinski definition) is 3. The SMILES string of the molecule is Cl.O=C(NCc1ccccc1CO)C1CCCNC1. The zero-order valence-corrected chi connectivity index (χ0v) is 11.7. The number of amides is 1. The first-order valence-corrected chi connectivity index (χ1v) is 6.47. The Morgan fingerprint density at radius 2 is 2.11 bits per heavy atom. The Morgan fingerprint density at radius 3 is 2.74 bits per heavy atom. The Morgan fingerprint density at radius 1 is 1.37 bits per heavy atom. The van der Waals surface area contributed by atoms with E-state index in [9.17, 15) is 9.90 Å². The van der Waals surface area contributed by atoms with Crippen LogP contribution in [-0.4, -0.2) is 24.1 Å². The molecule has 0 bridgehead atoms. The number of hydrogen-bond donors (Lipinski definition) is 3. The summed E-state index contributed by atoms with van der Waals surface area (Å²) in [6.07, 6.45) is 2.02. The van der Waals surface area contributed by atoms with Crippen molar-refractivity contribution in [1.82, 2.24) is 10.6 Å². The van der Waals surface area contributed by atoms with E-state index < -0.39 is 0 Å². The van der Waals surface area contributed by atoms with Crippen molar-refractivity contribution >= 4 is 18.3 Å². The van der Waals surface area contributed by atoms with Crippen LogP contribution in [0, 0.1) is 5.92 Å². The number of halogens is 1. The first-order valence-electron chi connectivity index (χ1n) is 6.47. The van der Waals surface area contributed by atoms with Crippen LogP contribution < -0.4 is 10.6 Å². The lowest BCUT2D eigenvalue weighted by molar-refractivity contribution is -0.125. The molecule has 0 aromatic heterocycles. The van der Waals surface area contributed by atoms with Crippen LogP contribution in [0.3, 0.4) is 0 Å². The van der Waals surface area contributed by atoms with E-state index >= 15 is 0 Å². The summed E-state index contributed by atoms with van der Waals surface area (Å²) in [5.41, 5.74) is 1.86. The first kappa shape index (κ1) is 16.0. The fraction of sp³-hybridized carbons (Fsp3) is 0.500. The topological polar surface area (TPSA) is 61.4 Å². The number of carbonyl (C=O) groups is 1. The highest BCUT2D eigenvalue weighted by molar-refractivity contribution is 5.85. The van der Waals surface area contributed by atoms with Gasteiger partial charge in [0.1, 0.15) is 0 Å². The van der Waals surface area contributed by atoms with E-state index in [0.29, 0.717) is 6.54 Å². The molecule has 1 atom stereocenters. The summed E-state index contributed by atoms with van der Waals surface area (Å²) in [5.74, 6) is 0.190. The molecule has 0 spiro atoms. The van der Waals surface area contributed by atoms with Crippen LogP contribution in [-0.2, 0) is 17.9 Å². The quantitative estimate of drug-likeness (QED) is 0.779. The molecule has 0 saturated carbocycles. The molecule has 1 unspecified atom stereocenters. The Bertz CT molecular complexity index is 406. The third-order valence-electron chi connectivity index (χ3n) is 3.41. The molecule has 0 aliphatic carbocycles. The molecule has 19 heavy (non-hydrogen) atoms. The predicted molar refractivity (Wildman–Crippen MR) is 77.1 cm³/mol. The third kappa shape index (κ3) is 4.49. The molecule has 1 aliphatic rings. The second kappa shape index (κ2) is 8.15. The molecule has 2 rings (SSSR count). The van der Waals surface area contributed by atoms with Crippen LogP contribution in [0.1, 0.15) is 24.0 Å². The molecule has 1 aromatic rings. The molecular formula is C14H21ClN2O2. The van der Waals surface area contributed by atoms with Crippen LogP contribution in [0.15, 0.2) is 24.3 Å². The summed E-state index contributed by atoms with van der Waals surface area (Å²) in [5, 5.41) is 15.4. The van der Waals surface area contributed by atoms with Gasteiger partial charge in [-0.15, -0.1) is 12.4 Å². The van der Waals surface area contributed by atoms with Gasteiger partial charge >= 0.3 is 0 Å². The molecule has 1 aromatic carbocycles. The standard InChI is InChI=1S/C14H20N2O2.ClH/c17-10-13-5-2-1-4-11(13)9-16-14(18)12-6-3-7-15-8-12;/h1-2,4-5,12,15,17H,3,6-10H2,(H,16,18);1H. The highest BCUT2D eigenvalue weighted by atomic mass is 35.5. The number of aliphatic hydroxyl groups is 1. The largest absolute Gasteiger partial charge is 0.392 e. The summed E-state index contributed by atoms with van der Waals surface area (Å²) < 4.78 is 0. The van der Waals surface area contributed by atoms with Crippen molar-refractivity contribution in [1.29, 1.82) is 0 Å². The van der Waals surface area contributed by atoms with Gasteiger partial charge in [0.05, 0.1) is 12.5 Å². The van der Waals surface area contributed by atoms with Crippen LogP contribution in [0.25, 0.3) is 0 Å². The first-order chi connectivity index (χ1) is 8.81. The molecule has 1 amide bonds. The van der Waals surface area contributed by atoms with Gasteiger partial charge in [0.25, 0.3) is 0 Å². The minimum Gasteiger partial charge on any atom is -0.392 e. The summed E-state index contributed by atoms with van der Waals surface area (Å²) in [6.45, 7) is 2.29. The Labute approximate surface area is 120 Å². The van der Waals surface area contributed by atoms with Crippen molar-refractivity contribution in [2.45, 2.75) is 26.0 Å². The van der Waals surface area contributed by atoms with Crippen LogP contribution >= 0.6 is 12.4 Å². The highest BCUT2D eigenvalue weighted by Crippen LogP contribution is 2.12. The lowest BCUT2D eigenvalue weighted by Crippen LogP contribution is -2.40. The van der Waals surface area contributed by atoms with Crippen molar-refractivity contribution < 1.29 is 9.90 Å². The average molecular weight is 285 g/mol. The van der Waals surface area contributed by atoms with E-state index in [1.807, 2.05) is 24.3 Å². The molecular weight excluding hydrogens is 264 g/mol. The molecule has 1 fully saturated rings. The van der Waals surface area contributed by atoms with Gasteiger partial charge in [-0.3, -0.25) is 4.79 Å². The lowest BCUT2D eigenvalue weighted by atomic mass is 9.98. The molecule has 1 heterocycles. The predicted octanol–water partition coefficient (Wildman–Crippen LogP) is 1.22. The van der Waals surface area contributed by atoms with Gasteiger partial charge in [-0.25, -0.2) is 0 Å². The fourth-order valence-electron chi connectivity index (χ4n) is 2.29. The zero-order valence-electron chi connectivity index (χ0n) is 10.9.